The number of rotatable bonds is 2. The summed E-state index contributed by atoms with van der Waals surface area (Å²) in [6.07, 6.45) is 0. The van der Waals surface area contributed by atoms with E-state index in [2.05, 4.69) is 4.18 Å². The van der Waals surface area contributed by atoms with Gasteiger partial charge < -0.3 is 4.55 Å². The van der Waals surface area contributed by atoms with Crippen molar-refractivity contribution in [1.82, 2.24) is 0 Å². The third kappa shape index (κ3) is 4.80. The Kier molecular flexibility index (Phi) is 4.50. The largest absolute Gasteiger partial charge is 0.750 e. The van der Waals surface area contributed by atoms with Gasteiger partial charge in [-0.05, 0) is 0 Å². The summed E-state index contributed by atoms with van der Waals surface area (Å²) in [4.78, 5) is 0. The average Bonchev–Trinajstić information content (AvgIpc) is 1.35. The van der Waals surface area contributed by atoms with Crippen LogP contribution < -0.4 is 0 Å². The first-order chi connectivity index (χ1) is 2.77. The van der Waals surface area contributed by atoms with Crippen molar-refractivity contribution in [3.8, 4) is 0 Å². The highest BCUT2D eigenvalue weighted by Gasteiger charge is 1.72. The summed E-state index contributed by atoms with van der Waals surface area (Å²) in [6, 6.07) is 0. The molecule has 0 spiro atoms. The van der Waals surface area contributed by atoms with Gasteiger partial charge in [-0.2, -0.15) is 0 Å². The molecule has 1 atom stereocenters. The molecule has 0 radical (unpaired) electrons. The van der Waals surface area contributed by atoms with E-state index >= 15 is 0 Å². The highest BCUT2D eigenvalue weighted by atomic mass is 127. The highest BCUT2D eigenvalue weighted by Crippen LogP contribution is 1.83. The minimum absolute atomic E-state index is 0.188. The molecule has 0 aliphatic heterocycles. The molecule has 0 heterocycles. The number of alkyl halides is 1. The Morgan fingerprint density at radius 3 is 2.50 bits per heavy atom. The summed E-state index contributed by atoms with van der Waals surface area (Å²) in [7, 11) is 0. The van der Waals surface area contributed by atoms with Crippen molar-refractivity contribution < 1.29 is 12.9 Å². The monoisotopic (exact) mass is 221 g/mol. The normalized spacial score (nSPS) is 14.3. The van der Waals surface area contributed by atoms with Gasteiger partial charge in [0.25, 0.3) is 0 Å². The molecule has 0 aromatic carbocycles. The van der Waals surface area contributed by atoms with Crippen LogP contribution in [0.2, 0.25) is 0 Å². The molecule has 5 heteroatoms. The highest BCUT2D eigenvalue weighted by molar-refractivity contribution is 14.1. The van der Waals surface area contributed by atoms with Gasteiger partial charge in [0.2, 0.25) is 0 Å². The number of halogens is 1. The predicted octanol–water partition coefficient (Wildman–Crippen LogP) is 0.190. The maximum absolute atomic E-state index is 9.37. The minimum atomic E-state index is -2.32. The quantitative estimate of drug-likeness (QED) is 0.380. The van der Waals surface area contributed by atoms with Crippen LogP contribution in [-0.2, 0) is 15.5 Å². The van der Waals surface area contributed by atoms with Gasteiger partial charge in [0.15, 0.2) is 0 Å². The summed E-state index contributed by atoms with van der Waals surface area (Å²) in [5, 5.41) is 0. The maximum Gasteiger partial charge on any atom is 0.114 e. The second kappa shape index (κ2) is 3.97. The Morgan fingerprint density at radius 1 is 2.00 bits per heavy atom. The van der Waals surface area contributed by atoms with E-state index in [0.29, 0.717) is 0 Å². The van der Waals surface area contributed by atoms with E-state index in [1.165, 1.54) is 0 Å². The molecule has 0 amide bonds. The molecule has 0 aromatic heterocycles. The van der Waals surface area contributed by atoms with Crippen LogP contribution in [0.4, 0.5) is 0 Å². The van der Waals surface area contributed by atoms with E-state index in [-0.39, 0.29) is 4.61 Å². The smallest absolute Gasteiger partial charge is 0.114 e. The first-order valence-corrected chi connectivity index (χ1v) is 3.58. The molecular formula is CH2IO3S-. The molecule has 0 aliphatic rings. The Morgan fingerprint density at radius 2 is 2.50 bits per heavy atom. The fourth-order valence-electron chi connectivity index (χ4n) is 0.0364. The van der Waals surface area contributed by atoms with Crippen molar-refractivity contribution in [3.05, 3.63) is 0 Å². The van der Waals surface area contributed by atoms with Crippen LogP contribution in [0, 0.1) is 0 Å². The first kappa shape index (κ1) is 6.80. The lowest BCUT2D eigenvalue weighted by Crippen LogP contribution is -1.89. The standard InChI is InChI=1S/CH3IO3S/c2-1-5-6(3)4/h1H2,(H,3,4)/p-1. The zero-order valence-corrected chi connectivity index (χ0v) is 5.69. The lowest BCUT2D eigenvalue weighted by molar-refractivity contribution is 0.362. The van der Waals surface area contributed by atoms with E-state index in [1.807, 2.05) is 0 Å². The summed E-state index contributed by atoms with van der Waals surface area (Å²) in [6.45, 7) is 0. The molecule has 0 aliphatic carbocycles. The molecule has 0 rings (SSSR count). The molecule has 0 N–H and O–H groups in total. The van der Waals surface area contributed by atoms with Crippen molar-refractivity contribution in [2.24, 2.45) is 0 Å². The molecule has 3 nitrogen and oxygen atoms in total. The minimum Gasteiger partial charge on any atom is -0.750 e. The Bertz CT molecular complexity index is 54.8. The Labute approximate surface area is 51.7 Å². The molecule has 0 saturated heterocycles. The number of hydrogen-bond acceptors (Lipinski definition) is 3. The summed E-state index contributed by atoms with van der Waals surface area (Å²) in [5.41, 5.74) is 0. The average molecular weight is 221 g/mol. The van der Waals surface area contributed by atoms with E-state index in [4.69, 9.17) is 0 Å². The first-order valence-electron chi connectivity index (χ1n) is 1.06. The van der Waals surface area contributed by atoms with Crippen molar-refractivity contribution >= 4 is 34.0 Å². The molecule has 6 heavy (non-hydrogen) atoms. The third-order valence-electron chi connectivity index (χ3n) is 0.141. The SMILES string of the molecule is O=S([O-])OCI. The van der Waals surface area contributed by atoms with Crippen LogP contribution in [0.5, 0.6) is 0 Å². The predicted molar refractivity (Wildman–Crippen MR) is 28.9 cm³/mol. The second-order valence-electron chi connectivity index (χ2n) is 0.431. The van der Waals surface area contributed by atoms with Gasteiger partial charge >= 0.3 is 0 Å². The van der Waals surface area contributed by atoms with Crippen molar-refractivity contribution in [2.75, 3.05) is 4.61 Å². The summed E-state index contributed by atoms with van der Waals surface area (Å²) < 4.78 is 22.9. The topological polar surface area (TPSA) is 49.4 Å². The van der Waals surface area contributed by atoms with Crippen molar-refractivity contribution in [3.63, 3.8) is 0 Å². The van der Waals surface area contributed by atoms with Gasteiger partial charge in [-0.25, -0.2) is 4.21 Å². The van der Waals surface area contributed by atoms with Crippen LogP contribution in [0.15, 0.2) is 0 Å². The van der Waals surface area contributed by atoms with Gasteiger partial charge in [0.1, 0.15) is 4.61 Å². The molecule has 38 valence electrons. The van der Waals surface area contributed by atoms with E-state index in [1.54, 1.807) is 22.6 Å². The summed E-state index contributed by atoms with van der Waals surface area (Å²) in [5.74, 6) is 0. The second-order valence-corrected chi connectivity index (χ2v) is 1.70. The van der Waals surface area contributed by atoms with Gasteiger partial charge in [0, 0.05) is 0 Å². The zero-order chi connectivity index (χ0) is 4.99. The van der Waals surface area contributed by atoms with E-state index < -0.39 is 11.4 Å². The van der Waals surface area contributed by atoms with Crippen molar-refractivity contribution in [1.29, 1.82) is 0 Å². The third-order valence-corrected chi connectivity index (χ3v) is 1.19. The summed E-state index contributed by atoms with van der Waals surface area (Å²) >= 11 is -0.536. The molecule has 0 bridgehead atoms. The fraction of sp³-hybridized carbons (Fsp3) is 1.00. The lowest BCUT2D eigenvalue weighted by Gasteiger charge is -1.97. The Balaban J connectivity index is 2.83. The molecular weight excluding hydrogens is 219 g/mol. The van der Waals surface area contributed by atoms with Gasteiger partial charge in [-0.15, -0.1) is 0 Å². The van der Waals surface area contributed by atoms with Crippen molar-refractivity contribution in [2.45, 2.75) is 0 Å². The van der Waals surface area contributed by atoms with Crippen LogP contribution in [0.3, 0.4) is 0 Å². The zero-order valence-electron chi connectivity index (χ0n) is 2.72. The van der Waals surface area contributed by atoms with Gasteiger partial charge in [-0.1, -0.05) is 22.6 Å². The van der Waals surface area contributed by atoms with E-state index in [0.717, 1.165) is 0 Å². The lowest BCUT2D eigenvalue weighted by atomic mass is 11.8. The number of hydrogen-bond donors (Lipinski definition) is 0. The van der Waals surface area contributed by atoms with Crippen LogP contribution in [0.25, 0.3) is 0 Å². The fourth-order valence-corrected chi connectivity index (χ4v) is 0.732. The van der Waals surface area contributed by atoms with Gasteiger partial charge in [-0.3, -0.25) is 4.18 Å². The molecule has 0 saturated carbocycles. The van der Waals surface area contributed by atoms with Crippen LogP contribution >= 0.6 is 22.6 Å². The molecule has 0 fully saturated rings. The van der Waals surface area contributed by atoms with E-state index in [9.17, 15) is 8.76 Å². The van der Waals surface area contributed by atoms with Gasteiger partial charge in [0.05, 0.1) is 11.4 Å². The van der Waals surface area contributed by atoms with Crippen LogP contribution in [-0.4, -0.2) is 13.4 Å². The molecule has 0 aromatic rings. The maximum atomic E-state index is 9.37. The Hall–Kier alpha value is 0.800. The molecule has 1 unspecified atom stereocenters. The van der Waals surface area contributed by atoms with Crippen LogP contribution in [0.1, 0.15) is 0 Å².